The third-order valence-electron chi connectivity index (χ3n) is 2.04. The van der Waals surface area contributed by atoms with E-state index in [4.69, 9.17) is 11.6 Å². The minimum Gasteiger partial charge on any atom is -0.378 e. The number of halogens is 1. The summed E-state index contributed by atoms with van der Waals surface area (Å²) in [5, 5.41) is 13.7. The maximum Gasteiger partial charge on any atom is 0.270 e. The second-order valence-corrected chi connectivity index (χ2v) is 3.86. The van der Waals surface area contributed by atoms with Crippen molar-refractivity contribution < 1.29 is 9.72 Å². The molecular weight excluding hydrogens is 244 g/mol. The lowest BCUT2D eigenvalue weighted by Crippen LogP contribution is -2.19. The molecule has 0 aliphatic heterocycles. The zero-order valence-corrected chi connectivity index (χ0v) is 9.95. The Balaban J connectivity index is 2.95. The number of nitrogens with zero attached hydrogens (tertiary/aromatic N) is 1. The van der Waals surface area contributed by atoms with Crippen molar-refractivity contribution in [2.24, 2.45) is 0 Å². The first-order valence-corrected chi connectivity index (χ1v) is 5.16. The molecule has 17 heavy (non-hydrogen) atoms. The van der Waals surface area contributed by atoms with E-state index < -0.39 is 4.92 Å². The molecule has 0 aromatic heterocycles. The normalized spacial score (nSPS) is 9.76. The first kappa shape index (κ1) is 13.2. The van der Waals surface area contributed by atoms with Crippen LogP contribution < -0.4 is 5.32 Å². The molecule has 0 heterocycles. The molecule has 0 atom stereocenters. The topological polar surface area (TPSA) is 72.2 Å². The van der Waals surface area contributed by atoms with Gasteiger partial charge in [0, 0.05) is 23.4 Å². The zero-order valence-electron chi connectivity index (χ0n) is 9.20. The molecule has 0 saturated heterocycles. The van der Waals surface area contributed by atoms with Crippen LogP contribution in [0.5, 0.6) is 0 Å². The fourth-order valence-electron chi connectivity index (χ4n) is 1.18. The highest BCUT2D eigenvalue weighted by atomic mass is 35.5. The number of carbonyl (C=O) groups is 1. The van der Waals surface area contributed by atoms with Gasteiger partial charge in [-0.15, -0.1) is 0 Å². The van der Waals surface area contributed by atoms with E-state index in [1.165, 1.54) is 25.1 Å². The van der Waals surface area contributed by atoms with E-state index in [0.29, 0.717) is 16.3 Å². The van der Waals surface area contributed by atoms with E-state index in [1.54, 1.807) is 0 Å². The summed E-state index contributed by atoms with van der Waals surface area (Å²) in [6.45, 7) is 5.22. The van der Waals surface area contributed by atoms with Gasteiger partial charge in [0.1, 0.15) is 5.78 Å². The van der Waals surface area contributed by atoms with Crippen LogP contribution in [0.25, 0.3) is 5.70 Å². The molecule has 0 unspecified atom stereocenters. The van der Waals surface area contributed by atoms with E-state index in [2.05, 4.69) is 11.9 Å². The van der Waals surface area contributed by atoms with Crippen LogP contribution in [0.4, 0.5) is 5.69 Å². The third-order valence-corrected chi connectivity index (χ3v) is 2.37. The summed E-state index contributed by atoms with van der Waals surface area (Å²) in [5.74, 6) is -0.0623. The standard InChI is InChI=1S/C11H11ClN2O3/c1-7(15)6-13-8(2)10-5-9(14(16)17)3-4-11(10)12/h3-5,13H,2,6H2,1H3. The van der Waals surface area contributed by atoms with Crippen LogP contribution in [0.15, 0.2) is 24.8 Å². The van der Waals surface area contributed by atoms with Gasteiger partial charge in [-0.05, 0) is 13.0 Å². The third kappa shape index (κ3) is 3.57. The number of ketones is 1. The minimum atomic E-state index is -0.516. The summed E-state index contributed by atoms with van der Waals surface area (Å²) >= 11 is 5.90. The summed E-state index contributed by atoms with van der Waals surface area (Å²) in [5.41, 5.74) is 0.728. The summed E-state index contributed by atoms with van der Waals surface area (Å²) in [6.07, 6.45) is 0. The quantitative estimate of drug-likeness (QED) is 0.647. The molecular formula is C11H11ClN2O3. The van der Waals surface area contributed by atoms with Crippen LogP contribution in [0.1, 0.15) is 12.5 Å². The number of non-ortho nitro benzene ring substituents is 1. The second-order valence-electron chi connectivity index (χ2n) is 3.46. The summed E-state index contributed by atoms with van der Waals surface area (Å²) in [6, 6.07) is 4.05. The Labute approximate surface area is 103 Å². The fourth-order valence-corrected chi connectivity index (χ4v) is 1.42. The minimum absolute atomic E-state index is 0.0623. The first-order valence-electron chi connectivity index (χ1n) is 4.78. The average molecular weight is 255 g/mol. The predicted octanol–water partition coefficient (Wildman–Crippen LogP) is 2.40. The molecule has 0 fully saturated rings. The van der Waals surface area contributed by atoms with E-state index in [9.17, 15) is 14.9 Å². The van der Waals surface area contributed by atoms with E-state index in [-0.39, 0.29) is 18.0 Å². The maximum absolute atomic E-state index is 10.8. The summed E-state index contributed by atoms with van der Waals surface area (Å²) in [7, 11) is 0. The molecule has 1 aromatic carbocycles. The van der Waals surface area contributed by atoms with Gasteiger partial charge in [-0.2, -0.15) is 0 Å². The number of nitro benzene ring substituents is 1. The molecule has 0 spiro atoms. The van der Waals surface area contributed by atoms with Gasteiger partial charge in [0.15, 0.2) is 0 Å². The van der Waals surface area contributed by atoms with Crippen LogP contribution in [-0.2, 0) is 4.79 Å². The van der Waals surface area contributed by atoms with Crippen molar-refractivity contribution in [3.63, 3.8) is 0 Å². The average Bonchev–Trinajstić information content (AvgIpc) is 2.26. The molecule has 0 aliphatic carbocycles. The van der Waals surface area contributed by atoms with Crippen LogP contribution in [0.3, 0.4) is 0 Å². The van der Waals surface area contributed by atoms with Gasteiger partial charge >= 0.3 is 0 Å². The smallest absolute Gasteiger partial charge is 0.270 e. The number of nitrogens with one attached hydrogen (secondary N) is 1. The predicted molar refractivity (Wildman–Crippen MR) is 65.8 cm³/mol. The monoisotopic (exact) mass is 254 g/mol. The second kappa shape index (κ2) is 5.45. The van der Waals surface area contributed by atoms with Crippen molar-refractivity contribution >= 4 is 28.8 Å². The molecule has 1 rings (SSSR count). The zero-order chi connectivity index (χ0) is 13.0. The Morgan fingerprint density at radius 3 is 2.76 bits per heavy atom. The number of rotatable bonds is 5. The van der Waals surface area contributed by atoms with Crippen molar-refractivity contribution in [1.29, 1.82) is 0 Å². The number of benzene rings is 1. The molecule has 0 amide bonds. The van der Waals surface area contributed by atoms with E-state index >= 15 is 0 Å². The molecule has 0 saturated carbocycles. The largest absolute Gasteiger partial charge is 0.378 e. The van der Waals surface area contributed by atoms with Gasteiger partial charge in [0.05, 0.1) is 16.5 Å². The van der Waals surface area contributed by atoms with Gasteiger partial charge in [-0.3, -0.25) is 14.9 Å². The molecule has 0 radical (unpaired) electrons. The van der Waals surface area contributed by atoms with Crippen molar-refractivity contribution in [2.45, 2.75) is 6.92 Å². The van der Waals surface area contributed by atoms with Gasteiger partial charge in [0.25, 0.3) is 5.69 Å². The van der Waals surface area contributed by atoms with Crippen molar-refractivity contribution in [2.75, 3.05) is 6.54 Å². The molecule has 6 heteroatoms. The lowest BCUT2D eigenvalue weighted by Gasteiger charge is -2.09. The van der Waals surface area contributed by atoms with Gasteiger partial charge in [-0.1, -0.05) is 18.2 Å². The molecule has 90 valence electrons. The Kier molecular flexibility index (Phi) is 4.23. The van der Waals surface area contributed by atoms with Crippen molar-refractivity contribution in [1.82, 2.24) is 5.32 Å². The lowest BCUT2D eigenvalue weighted by molar-refractivity contribution is -0.384. The van der Waals surface area contributed by atoms with Gasteiger partial charge < -0.3 is 5.32 Å². The Bertz CT molecular complexity index is 486. The maximum atomic E-state index is 10.8. The van der Waals surface area contributed by atoms with Gasteiger partial charge in [-0.25, -0.2) is 0 Å². The van der Waals surface area contributed by atoms with Crippen LogP contribution in [0, 0.1) is 10.1 Å². The molecule has 0 aliphatic rings. The highest BCUT2D eigenvalue weighted by molar-refractivity contribution is 6.32. The molecule has 0 bridgehead atoms. The molecule has 1 N–H and O–H groups in total. The Morgan fingerprint density at radius 2 is 2.24 bits per heavy atom. The number of carbonyl (C=O) groups excluding carboxylic acids is 1. The van der Waals surface area contributed by atoms with E-state index in [1.807, 2.05) is 0 Å². The molecule has 5 nitrogen and oxygen atoms in total. The molecule has 1 aromatic rings. The van der Waals surface area contributed by atoms with Crippen molar-refractivity contribution in [3.05, 3.63) is 45.5 Å². The number of Topliss-reactive ketones (excluding diaryl/α,β-unsaturated/α-hetero) is 1. The Hall–Kier alpha value is -1.88. The summed E-state index contributed by atoms with van der Waals surface area (Å²) in [4.78, 5) is 20.9. The van der Waals surface area contributed by atoms with Crippen LogP contribution in [-0.4, -0.2) is 17.3 Å². The Morgan fingerprint density at radius 1 is 1.59 bits per heavy atom. The summed E-state index contributed by atoms with van der Waals surface area (Å²) < 4.78 is 0. The van der Waals surface area contributed by atoms with E-state index in [0.717, 1.165) is 0 Å². The number of nitro groups is 1. The highest BCUT2D eigenvalue weighted by Crippen LogP contribution is 2.25. The highest BCUT2D eigenvalue weighted by Gasteiger charge is 2.12. The SMILES string of the molecule is C=C(NCC(C)=O)c1cc([N+](=O)[O-])ccc1Cl. The van der Waals surface area contributed by atoms with Gasteiger partial charge in [0.2, 0.25) is 0 Å². The lowest BCUT2D eigenvalue weighted by atomic mass is 10.1. The van der Waals surface area contributed by atoms with Crippen molar-refractivity contribution in [3.8, 4) is 0 Å². The number of hydrogen-bond donors (Lipinski definition) is 1. The fraction of sp³-hybridized carbons (Fsp3) is 0.182. The van der Waals surface area contributed by atoms with Crippen LogP contribution in [0.2, 0.25) is 5.02 Å². The van der Waals surface area contributed by atoms with Crippen LogP contribution >= 0.6 is 11.6 Å². The first-order chi connectivity index (χ1) is 7.91. The number of hydrogen-bond acceptors (Lipinski definition) is 4.